The van der Waals surface area contributed by atoms with Gasteiger partial charge in [0.2, 0.25) is 0 Å². The highest BCUT2D eigenvalue weighted by atomic mass is 32.1. The number of hydrogen-bond donors (Lipinski definition) is 1. The third-order valence-electron chi connectivity index (χ3n) is 4.45. The summed E-state index contributed by atoms with van der Waals surface area (Å²) in [6.07, 6.45) is 0. The van der Waals surface area contributed by atoms with Crippen LogP contribution in [0.15, 0.2) is 84.2 Å². The van der Waals surface area contributed by atoms with Gasteiger partial charge in [0.05, 0.1) is 0 Å². The highest BCUT2D eigenvalue weighted by Crippen LogP contribution is 2.26. The number of hydrogen-bond acceptors (Lipinski definition) is 4. The van der Waals surface area contributed by atoms with Crippen LogP contribution in [0.3, 0.4) is 0 Å². The van der Waals surface area contributed by atoms with Crippen LogP contribution in [0.4, 0.5) is 4.39 Å². The molecule has 1 amide bonds. The Morgan fingerprint density at radius 1 is 0.933 bits per heavy atom. The summed E-state index contributed by atoms with van der Waals surface area (Å²) in [5, 5.41) is 5.41. The number of benzene rings is 3. The minimum absolute atomic E-state index is 0.194. The molecule has 0 unspecified atom stereocenters. The lowest BCUT2D eigenvalue weighted by Gasteiger charge is -2.07. The van der Waals surface area contributed by atoms with Gasteiger partial charge in [-0.1, -0.05) is 42.5 Å². The lowest BCUT2D eigenvalue weighted by Crippen LogP contribution is -2.23. The molecule has 4 aromatic rings. The Bertz CT molecular complexity index is 1110. The number of nitrogens with one attached hydrogen (secondary N) is 1. The number of halogens is 1. The lowest BCUT2D eigenvalue weighted by molar-refractivity contribution is 0.0946. The molecular weight excluding hydrogens is 399 g/mol. The molecule has 0 aliphatic rings. The molecule has 0 fully saturated rings. The van der Waals surface area contributed by atoms with Crippen LogP contribution in [0.2, 0.25) is 0 Å². The predicted molar refractivity (Wildman–Crippen MR) is 116 cm³/mol. The Kier molecular flexibility index (Phi) is 6.15. The molecule has 0 saturated heterocycles. The summed E-state index contributed by atoms with van der Waals surface area (Å²) in [5.74, 6) is 0.251. The topological polar surface area (TPSA) is 51.2 Å². The monoisotopic (exact) mass is 418 g/mol. The van der Waals surface area contributed by atoms with E-state index in [9.17, 15) is 9.18 Å². The molecule has 4 nitrogen and oxygen atoms in total. The molecular formula is C24H19FN2O2S. The first kappa shape index (κ1) is 19.8. The van der Waals surface area contributed by atoms with Gasteiger partial charge in [-0.3, -0.25) is 4.79 Å². The summed E-state index contributed by atoms with van der Waals surface area (Å²) in [6.45, 7) is 0.829. The average molecular weight is 418 g/mol. The third-order valence-corrected chi connectivity index (χ3v) is 5.34. The summed E-state index contributed by atoms with van der Waals surface area (Å²) in [4.78, 5) is 16.8. The van der Waals surface area contributed by atoms with E-state index in [2.05, 4.69) is 10.3 Å². The standard InChI is InChI=1S/C24H19FN2O2S/c25-20-10-6-18(7-11-20)15-29-21-12-8-19(9-13-21)24-27-22(16-30-24)23(28)26-14-17-4-2-1-3-5-17/h1-13,16H,14-15H2,(H,26,28). The Hall–Kier alpha value is -3.51. The minimum Gasteiger partial charge on any atom is -0.489 e. The molecule has 30 heavy (non-hydrogen) atoms. The van der Waals surface area contributed by atoms with Crippen LogP contribution in [0.1, 0.15) is 21.6 Å². The first-order chi connectivity index (χ1) is 14.7. The Balaban J connectivity index is 1.34. The van der Waals surface area contributed by atoms with E-state index in [1.54, 1.807) is 17.5 Å². The quantitative estimate of drug-likeness (QED) is 0.434. The molecule has 0 aliphatic heterocycles. The minimum atomic E-state index is -0.264. The van der Waals surface area contributed by atoms with E-state index >= 15 is 0 Å². The first-order valence-corrected chi connectivity index (χ1v) is 10.3. The smallest absolute Gasteiger partial charge is 0.271 e. The number of carbonyl (C=O) groups excluding carboxylic acids is 1. The van der Waals surface area contributed by atoms with Crippen molar-refractivity contribution in [1.82, 2.24) is 10.3 Å². The Morgan fingerprint density at radius 2 is 1.67 bits per heavy atom. The van der Waals surface area contributed by atoms with Gasteiger partial charge in [-0.15, -0.1) is 11.3 Å². The fourth-order valence-electron chi connectivity index (χ4n) is 2.82. The van der Waals surface area contributed by atoms with Gasteiger partial charge in [0.15, 0.2) is 0 Å². The Morgan fingerprint density at radius 3 is 2.40 bits per heavy atom. The van der Waals surface area contributed by atoms with E-state index in [1.165, 1.54) is 23.5 Å². The molecule has 0 aliphatic carbocycles. The molecule has 150 valence electrons. The zero-order valence-corrected chi connectivity index (χ0v) is 16.9. The van der Waals surface area contributed by atoms with Gasteiger partial charge in [0, 0.05) is 17.5 Å². The van der Waals surface area contributed by atoms with Crippen molar-refractivity contribution in [1.29, 1.82) is 0 Å². The van der Waals surface area contributed by atoms with Gasteiger partial charge in [-0.05, 0) is 47.5 Å². The van der Waals surface area contributed by atoms with E-state index in [0.717, 1.165) is 21.7 Å². The van der Waals surface area contributed by atoms with Crippen molar-refractivity contribution in [3.63, 3.8) is 0 Å². The fourth-order valence-corrected chi connectivity index (χ4v) is 3.63. The molecule has 0 saturated carbocycles. The van der Waals surface area contributed by atoms with E-state index < -0.39 is 0 Å². The van der Waals surface area contributed by atoms with Gasteiger partial charge in [-0.25, -0.2) is 9.37 Å². The van der Waals surface area contributed by atoms with Crippen molar-refractivity contribution in [2.75, 3.05) is 0 Å². The molecule has 1 aromatic heterocycles. The van der Waals surface area contributed by atoms with Gasteiger partial charge in [0.25, 0.3) is 5.91 Å². The van der Waals surface area contributed by atoms with Crippen molar-refractivity contribution in [2.24, 2.45) is 0 Å². The van der Waals surface area contributed by atoms with Crippen LogP contribution in [0.25, 0.3) is 10.6 Å². The van der Waals surface area contributed by atoms with E-state index in [1.807, 2.05) is 54.6 Å². The van der Waals surface area contributed by atoms with Crippen molar-refractivity contribution in [3.05, 3.63) is 107 Å². The zero-order valence-electron chi connectivity index (χ0n) is 16.0. The number of aromatic nitrogens is 1. The maximum atomic E-state index is 13.0. The highest BCUT2D eigenvalue weighted by Gasteiger charge is 2.12. The molecule has 1 N–H and O–H groups in total. The summed E-state index contributed by atoms with van der Waals surface area (Å²) < 4.78 is 18.7. The van der Waals surface area contributed by atoms with E-state index in [-0.39, 0.29) is 11.7 Å². The second kappa shape index (κ2) is 9.33. The summed E-state index contributed by atoms with van der Waals surface area (Å²) in [5.41, 5.74) is 3.25. The summed E-state index contributed by atoms with van der Waals surface area (Å²) in [7, 11) is 0. The molecule has 4 rings (SSSR count). The van der Waals surface area contributed by atoms with Gasteiger partial charge in [0.1, 0.15) is 28.9 Å². The van der Waals surface area contributed by atoms with Crippen LogP contribution in [-0.4, -0.2) is 10.9 Å². The SMILES string of the molecule is O=C(NCc1ccccc1)c1csc(-c2ccc(OCc3ccc(F)cc3)cc2)n1. The van der Waals surface area contributed by atoms with Crippen molar-refractivity contribution in [3.8, 4) is 16.3 Å². The molecule has 0 spiro atoms. The van der Waals surface area contributed by atoms with Gasteiger partial charge >= 0.3 is 0 Å². The molecule has 0 bridgehead atoms. The molecule has 3 aromatic carbocycles. The van der Waals surface area contributed by atoms with Gasteiger partial charge < -0.3 is 10.1 Å². The summed E-state index contributed by atoms with van der Waals surface area (Å²) in [6, 6.07) is 23.5. The third kappa shape index (κ3) is 5.10. The fraction of sp³-hybridized carbons (Fsp3) is 0.0833. The zero-order chi connectivity index (χ0) is 20.8. The van der Waals surface area contributed by atoms with E-state index in [0.29, 0.717) is 24.6 Å². The maximum Gasteiger partial charge on any atom is 0.271 e. The lowest BCUT2D eigenvalue weighted by atomic mass is 10.2. The molecule has 0 atom stereocenters. The van der Waals surface area contributed by atoms with Crippen molar-refractivity contribution >= 4 is 17.2 Å². The van der Waals surface area contributed by atoms with Gasteiger partial charge in [-0.2, -0.15) is 0 Å². The first-order valence-electron chi connectivity index (χ1n) is 9.43. The van der Waals surface area contributed by atoms with Crippen LogP contribution < -0.4 is 10.1 Å². The van der Waals surface area contributed by atoms with E-state index in [4.69, 9.17) is 4.74 Å². The Labute approximate surface area is 178 Å². The van der Waals surface area contributed by atoms with Crippen LogP contribution in [-0.2, 0) is 13.2 Å². The number of amides is 1. The van der Waals surface area contributed by atoms with Crippen molar-refractivity contribution in [2.45, 2.75) is 13.2 Å². The number of rotatable bonds is 7. The number of carbonyl (C=O) groups is 1. The second-order valence-corrected chi connectivity index (χ2v) is 7.50. The maximum absolute atomic E-state index is 13.0. The normalized spacial score (nSPS) is 10.6. The van der Waals surface area contributed by atoms with Crippen LogP contribution >= 0.6 is 11.3 Å². The number of ether oxygens (including phenoxy) is 1. The molecule has 6 heteroatoms. The summed E-state index contributed by atoms with van der Waals surface area (Å²) >= 11 is 1.42. The number of thiazole rings is 1. The largest absolute Gasteiger partial charge is 0.489 e. The van der Waals surface area contributed by atoms with Crippen LogP contribution in [0, 0.1) is 5.82 Å². The number of nitrogens with zero attached hydrogens (tertiary/aromatic N) is 1. The molecule has 0 radical (unpaired) electrons. The highest BCUT2D eigenvalue weighted by molar-refractivity contribution is 7.13. The second-order valence-electron chi connectivity index (χ2n) is 6.65. The predicted octanol–water partition coefficient (Wildman–Crippen LogP) is 5.46. The van der Waals surface area contributed by atoms with Crippen LogP contribution in [0.5, 0.6) is 5.75 Å². The average Bonchev–Trinajstić information content (AvgIpc) is 3.29. The van der Waals surface area contributed by atoms with Crippen molar-refractivity contribution < 1.29 is 13.9 Å². The molecule has 1 heterocycles.